The molecule has 0 atom stereocenters. The molecule has 0 saturated carbocycles. The lowest BCUT2D eigenvalue weighted by Crippen LogP contribution is -1.95. The number of anilines is 1. The Kier molecular flexibility index (Phi) is 2.10. The molecule has 0 aliphatic carbocycles. The molecule has 0 bridgehead atoms. The van der Waals surface area contributed by atoms with Crippen molar-refractivity contribution in [3.63, 3.8) is 0 Å². The van der Waals surface area contributed by atoms with Gasteiger partial charge in [-0.3, -0.25) is 4.98 Å². The second kappa shape index (κ2) is 3.41. The van der Waals surface area contributed by atoms with Gasteiger partial charge in [0.05, 0.1) is 18.1 Å². The van der Waals surface area contributed by atoms with E-state index in [1.165, 1.54) is 0 Å². The first-order chi connectivity index (χ1) is 6.77. The molecular formula is C10H10N4. The first-order valence-corrected chi connectivity index (χ1v) is 4.27. The Bertz CT molecular complexity index is 436. The number of rotatable bonds is 1. The molecule has 2 N–H and O–H groups in total. The summed E-state index contributed by atoms with van der Waals surface area (Å²) in [5, 5.41) is 0. The molecule has 0 unspecified atom stereocenters. The van der Waals surface area contributed by atoms with E-state index in [4.69, 9.17) is 5.73 Å². The molecule has 2 aromatic rings. The fourth-order valence-corrected chi connectivity index (χ4v) is 1.18. The Hall–Kier alpha value is -1.97. The van der Waals surface area contributed by atoms with Crippen LogP contribution in [-0.2, 0) is 0 Å². The smallest absolute Gasteiger partial charge is 0.178 e. The Morgan fingerprint density at radius 2 is 1.86 bits per heavy atom. The quantitative estimate of drug-likeness (QED) is 0.731. The van der Waals surface area contributed by atoms with Gasteiger partial charge in [-0.15, -0.1) is 0 Å². The molecule has 0 aliphatic heterocycles. The number of pyridine rings is 1. The third-order valence-corrected chi connectivity index (χ3v) is 1.89. The van der Waals surface area contributed by atoms with Crippen LogP contribution >= 0.6 is 0 Å². The third-order valence-electron chi connectivity index (χ3n) is 1.89. The first-order valence-electron chi connectivity index (χ1n) is 4.27. The van der Waals surface area contributed by atoms with Gasteiger partial charge in [0, 0.05) is 6.20 Å². The second-order valence-corrected chi connectivity index (χ2v) is 3.01. The zero-order valence-electron chi connectivity index (χ0n) is 7.81. The largest absolute Gasteiger partial charge is 0.396 e. The molecule has 0 aromatic carbocycles. The van der Waals surface area contributed by atoms with Gasteiger partial charge in [0.15, 0.2) is 5.82 Å². The first kappa shape index (κ1) is 8.62. The van der Waals surface area contributed by atoms with E-state index in [2.05, 4.69) is 15.0 Å². The van der Waals surface area contributed by atoms with Crippen LogP contribution in [0.5, 0.6) is 0 Å². The average molecular weight is 186 g/mol. The van der Waals surface area contributed by atoms with Gasteiger partial charge in [-0.25, -0.2) is 9.97 Å². The lowest BCUT2D eigenvalue weighted by Gasteiger charge is -2.01. The normalized spacial score (nSPS) is 10.1. The molecule has 4 nitrogen and oxygen atoms in total. The maximum absolute atomic E-state index is 5.50. The van der Waals surface area contributed by atoms with E-state index in [-0.39, 0.29) is 0 Å². The van der Waals surface area contributed by atoms with E-state index in [0.717, 1.165) is 11.3 Å². The number of nitrogens with zero attached hydrogens (tertiary/aromatic N) is 3. The van der Waals surface area contributed by atoms with Crippen molar-refractivity contribution in [3.05, 3.63) is 36.3 Å². The van der Waals surface area contributed by atoms with Gasteiger partial charge < -0.3 is 5.73 Å². The van der Waals surface area contributed by atoms with Gasteiger partial charge in [-0.2, -0.15) is 0 Å². The summed E-state index contributed by atoms with van der Waals surface area (Å²) in [6.07, 6.45) is 4.88. The molecular weight excluding hydrogens is 176 g/mol. The van der Waals surface area contributed by atoms with Gasteiger partial charge in [0.25, 0.3) is 0 Å². The summed E-state index contributed by atoms with van der Waals surface area (Å²) in [7, 11) is 0. The Labute approximate surface area is 81.9 Å². The van der Waals surface area contributed by atoms with Gasteiger partial charge in [-0.1, -0.05) is 6.07 Å². The standard InChI is InChI=1S/C10H10N4/c1-7-3-2-4-12-9(7)10-13-5-8(11)6-14-10/h2-6H,11H2,1H3. The predicted molar refractivity (Wildman–Crippen MR) is 54.4 cm³/mol. The number of hydrogen-bond donors (Lipinski definition) is 1. The summed E-state index contributed by atoms with van der Waals surface area (Å²) in [6, 6.07) is 3.86. The van der Waals surface area contributed by atoms with Crippen molar-refractivity contribution in [2.45, 2.75) is 6.92 Å². The summed E-state index contributed by atoms with van der Waals surface area (Å²) in [6.45, 7) is 1.97. The van der Waals surface area contributed by atoms with Crippen LogP contribution in [0, 0.1) is 6.92 Å². The van der Waals surface area contributed by atoms with Crippen molar-refractivity contribution in [2.75, 3.05) is 5.73 Å². The molecule has 70 valence electrons. The number of aromatic nitrogens is 3. The maximum Gasteiger partial charge on any atom is 0.178 e. The minimum absolute atomic E-state index is 0.558. The van der Waals surface area contributed by atoms with E-state index >= 15 is 0 Å². The summed E-state index contributed by atoms with van der Waals surface area (Å²) >= 11 is 0. The Morgan fingerprint density at radius 1 is 1.14 bits per heavy atom. The van der Waals surface area contributed by atoms with E-state index < -0.39 is 0 Å². The zero-order valence-corrected chi connectivity index (χ0v) is 7.81. The highest BCUT2D eigenvalue weighted by molar-refractivity contribution is 5.54. The van der Waals surface area contributed by atoms with Crippen molar-refractivity contribution in [1.82, 2.24) is 15.0 Å². The van der Waals surface area contributed by atoms with Crippen LogP contribution in [0.1, 0.15) is 5.56 Å². The highest BCUT2D eigenvalue weighted by Crippen LogP contribution is 2.15. The molecule has 0 aliphatic rings. The van der Waals surface area contributed by atoms with Gasteiger partial charge in [-0.05, 0) is 18.6 Å². The van der Waals surface area contributed by atoms with Gasteiger partial charge in [0.2, 0.25) is 0 Å². The van der Waals surface area contributed by atoms with E-state index in [0.29, 0.717) is 11.5 Å². The Morgan fingerprint density at radius 3 is 2.50 bits per heavy atom. The average Bonchev–Trinajstić information content (AvgIpc) is 2.20. The van der Waals surface area contributed by atoms with Crippen LogP contribution in [0.25, 0.3) is 11.5 Å². The van der Waals surface area contributed by atoms with Crippen molar-refractivity contribution in [1.29, 1.82) is 0 Å². The lowest BCUT2D eigenvalue weighted by atomic mass is 10.2. The van der Waals surface area contributed by atoms with Crippen LogP contribution in [0.3, 0.4) is 0 Å². The molecule has 2 aromatic heterocycles. The monoisotopic (exact) mass is 186 g/mol. The van der Waals surface area contributed by atoms with Crippen LogP contribution in [0.15, 0.2) is 30.7 Å². The zero-order chi connectivity index (χ0) is 9.97. The summed E-state index contributed by atoms with van der Waals surface area (Å²) in [4.78, 5) is 12.4. The van der Waals surface area contributed by atoms with E-state index in [1.54, 1.807) is 18.6 Å². The second-order valence-electron chi connectivity index (χ2n) is 3.01. The fraction of sp³-hybridized carbons (Fsp3) is 0.100. The minimum Gasteiger partial charge on any atom is -0.396 e. The molecule has 0 radical (unpaired) electrons. The van der Waals surface area contributed by atoms with E-state index in [9.17, 15) is 0 Å². The maximum atomic E-state index is 5.50. The molecule has 0 amide bonds. The molecule has 4 heteroatoms. The van der Waals surface area contributed by atoms with Crippen LogP contribution in [0.4, 0.5) is 5.69 Å². The third kappa shape index (κ3) is 1.54. The fourth-order valence-electron chi connectivity index (χ4n) is 1.18. The van der Waals surface area contributed by atoms with Crippen molar-refractivity contribution in [3.8, 4) is 11.5 Å². The topological polar surface area (TPSA) is 64.7 Å². The van der Waals surface area contributed by atoms with Crippen LogP contribution in [-0.4, -0.2) is 15.0 Å². The van der Waals surface area contributed by atoms with Crippen LogP contribution in [0.2, 0.25) is 0 Å². The highest BCUT2D eigenvalue weighted by atomic mass is 14.9. The van der Waals surface area contributed by atoms with Crippen LogP contribution < -0.4 is 5.73 Å². The van der Waals surface area contributed by atoms with E-state index in [1.807, 2.05) is 19.1 Å². The number of aryl methyl sites for hydroxylation is 1. The molecule has 14 heavy (non-hydrogen) atoms. The summed E-state index contributed by atoms with van der Waals surface area (Å²) in [5.74, 6) is 0.609. The number of nitrogen functional groups attached to an aromatic ring is 1. The lowest BCUT2D eigenvalue weighted by molar-refractivity contribution is 1.13. The molecule has 2 rings (SSSR count). The number of hydrogen-bond acceptors (Lipinski definition) is 4. The highest BCUT2D eigenvalue weighted by Gasteiger charge is 2.04. The minimum atomic E-state index is 0.558. The summed E-state index contributed by atoms with van der Waals surface area (Å²) in [5.41, 5.74) is 7.91. The molecule has 0 saturated heterocycles. The van der Waals surface area contributed by atoms with Gasteiger partial charge in [0.1, 0.15) is 5.69 Å². The van der Waals surface area contributed by atoms with Crippen molar-refractivity contribution < 1.29 is 0 Å². The Balaban J connectivity index is 2.50. The predicted octanol–water partition coefficient (Wildman–Crippen LogP) is 1.43. The summed E-state index contributed by atoms with van der Waals surface area (Å²) < 4.78 is 0. The van der Waals surface area contributed by atoms with Crippen molar-refractivity contribution >= 4 is 5.69 Å². The van der Waals surface area contributed by atoms with Crippen molar-refractivity contribution in [2.24, 2.45) is 0 Å². The molecule has 0 fully saturated rings. The molecule has 2 heterocycles. The van der Waals surface area contributed by atoms with Gasteiger partial charge >= 0.3 is 0 Å². The number of nitrogens with two attached hydrogens (primary N) is 1. The SMILES string of the molecule is Cc1cccnc1-c1ncc(N)cn1. The molecule has 0 spiro atoms.